The van der Waals surface area contributed by atoms with Gasteiger partial charge in [0.05, 0.1) is 0 Å². The second-order valence-corrected chi connectivity index (χ2v) is 6.33. The van der Waals surface area contributed by atoms with Crippen LogP contribution in [-0.2, 0) is 10.2 Å². The highest BCUT2D eigenvalue weighted by molar-refractivity contribution is 7.86. The van der Waals surface area contributed by atoms with Crippen LogP contribution >= 0.6 is 11.6 Å². The smallest absolute Gasteiger partial charge is 0.195 e. The molecule has 0 aliphatic carbocycles. The minimum atomic E-state index is -3.38. The predicted molar refractivity (Wildman–Crippen MR) is 64.4 cm³/mol. The molecule has 0 amide bonds. The van der Waals surface area contributed by atoms with Crippen LogP contribution in [0.5, 0.6) is 0 Å². The van der Waals surface area contributed by atoms with Crippen LogP contribution in [0.2, 0.25) is 0 Å². The molecule has 92 valence electrons. The van der Waals surface area contributed by atoms with Gasteiger partial charge < -0.3 is 0 Å². The van der Waals surface area contributed by atoms with Crippen molar-refractivity contribution in [1.82, 2.24) is 8.61 Å². The Morgan fingerprint density at radius 2 is 1.60 bits per heavy atom. The van der Waals surface area contributed by atoms with Gasteiger partial charge in [-0.05, 0) is 27.7 Å². The van der Waals surface area contributed by atoms with Crippen molar-refractivity contribution in [3.63, 3.8) is 0 Å². The summed E-state index contributed by atoms with van der Waals surface area (Å²) in [6.45, 7) is 7.72. The van der Waals surface area contributed by atoms with Crippen molar-refractivity contribution in [2.45, 2.75) is 39.8 Å². The summed E-state index contributed by atoms with van der Waals surface area (Å²) in [5.74, 6) is 0.309. The Bertz CT molecular complexity index is 278. The summed E-state index contributed by atoms with van der Waals surface area (Å²) in [5, 5.41) is 0. The third-order valence-corrected chi connectivity index (χ3v) is 4.78. The first-order chi connectivity index (χ1) is 6.75. The lowest BCUT2D eigenvalue weighted by molar-refractivity contribution is 0.312. The molecule has 6 heteroatoms. The van der Waals surface area contributed by atoms with E-state index in [0.717, 1.165) is 0 Å². The van der Waals surface area contributed by atoms with E-state index in [0.29, 0.717) is 12.4 Å². The van der Waals surface area contributed by atoms with Crippen LogP contribution < -0.4 is 0 Å². The maximum Gasteiger partial charge on any atom is 0.282 e. The fourth-order valence-corrected chi connectivity index (χ4v) is 3.16. The first kappa shape index (κ1) is 15.2. The molecule has 0 aliphatic rings. The van der Waals surface area contributed by atoms with Gasteiger partial charge in [0.15, 0.2) is 0 Å². The van der Waals surface area contributed by atoms with Gasteiger partial charge in [0.2, 0.25) is 0 Å². The molecule has 0 aromatic heterocycles. The number of hydrogen-bond donors (Lipinski definition) is 0. The molecule has 0 aromatic carbocycles. The van der Waals surface area contributed by atoms with Gasteiger partial charge in [0, 0.05) is 31.6 Å². The Labute approximate surface area is 98.4 Å². The van der Waals surface area contributed by atoms with Crippen molar-refractivity contribution >= 4 is 21.8 Å². The van der Waals surface area contributed by atoms with E-state index >= 15 is 0 Å². The first-order valence-electron chi connectivity index (χ1n) is 5.05. The maximum atomic E-state index is 12.1. The highest BCUT2D eigenvalue weighted by Crippen LogP contribution is 2.13. The van der Waals surface area contributed by atoms with E-state index in [1.807, 2.05) is 27.7 Å². The number of nitrogens with zero attached hydrogens (tertiary/aromatic N) is 2. The predicted octanol–water partition coefficient (Wildman–Crippen LogP) is 1.52. The zero-order valence-corrected chi connectivity index (χ0v) is 11.6. The second-order valence-electron chi connectivity index (χ2n) is 4.01. The van der Waals surface area contributed by atoms with Gasteiger partial charge in [-0.15, -0.1) is 11.6 Å². The van der Waals surface area contributed by atoms with Gasteiger partial charge in [-0.2, -0.15) is 17.0 Å². The first-order valence-corrected chi connectivity index (χ1v) is 6.99. The Morgan fingerprint density at radius 3 is 1.87 bits per heavy atom. The van der Waals surface area contributed by atoms with Gasteiger partial charge in [0.25, 0.3) is 10.2 Å². The zero-order chi connectivity index (χ0) is 12.2. The maximum absolute atomic E-state index is 12.1. The lowest BCUT2D eigenvalue weighted by Crippen LogP contribution is -2.48. The van der Waals surface area contributed by atoms with Crippen molar-refractivity contribution in [3.8, 4) is 0 Å². The summed E-state index contributed by atoms with van der Waals surface area (Å²) in [6.07, 6.45) is 0. The number of rotatable bonds is 6. The molecule has 0 radical (unpaired) electrons. The number of alkyl halides is 1. The van der Waals surface area contributed by atoms with Gasteiger partial charge in [0.1, 0.15) is 0 Å². The lowest BCUT2D eigenvalue weighted by atomic mass is 10.4. The molecule has 4 nitrogen and oxygen atoms in total. The molecule has 0 rings (SSSR count). The Hall–Kier alpha value is 0.160. The van der Waals surface area contributed by atoms with E-state index in [2.05, 4.69) is 0 Å². The molecule has 0 saturated carbocycles. The molecule has 0 N–H and O–H groups in total. The van der Waals surface area contributed by atoms with E-state index in [9.17, 15) is 8.42 Å². The van der Waals surface area contributed by atoms with E-state index in [4.69, 9.17) is 11.6 Å². The van der Waals surface area contributed by atoms with Crippen molar-refractivity contribution in [2.75, 3.05) is 19.5 Å². The molecule has 0 atom stereocenters. The molecule has 0 saturated heterocycles. The molecule has 0 aromatic rings. The van der Waals surface area contributed by atoms with Gasteiger partial charge in [-0.1, -0.05) is 0 Å². The molecule has 0 spiro atoms. The quantitative estimate of drug-likeness (QED) is 0.676. The van der Waals surface area contributed by atoms with Crippen LogP contribution in [0.15, 0.2) is 0 Å². The van der Waals surface area contributed by atoms with Crippen LogP contribution in [-0.4, -0.2) is 48.6 Å². The number of halogens is 1. The fourth-order valence-electron chi connectivity index (χ4n) is 1.16. The zero-order valence-electron chi connectivity index (χ0n) is 10.1. The summed E-state index contributed by atoms with van der Waals surface area (Å²) in [5.41, 5.74) is 0. The Balaban J connectivity index is 4.95. The van der Waals surface area contributed by atoms with E-state index in [1.54, 1.807) is 7.05 Å². The molecular formula is C9H21ClN2O2S. The SMILES string of the molecule is CC(C)N(C)S(=O)(=O)N(CCCl)C(C)C. The number of hydrogen-bond acceptors (Lipinski definition) is 2. The van der Waals surface area contributed by atoms with Crippen LogP contribution in [0.25, 0.3) is 0 Å². The van der Waals surface area contributed by atoms with Gasteiger partial charge >= 0.3 is 0 Å². The minimum absolute atomic E-state index is 0.0495. The normalized spacial score (nSPS) is 13.5. The van der Waals surface area contributed by atoms with E-state index < -0.39 is 10.2 Å². The lowest BCUT2D eigenvalue weighted by Gasteiger charge is -2.31. The molecule has 0 aliphatic heterocycles. The molecule has 0 bridgehead atoms. The van der Waals surface area contributed by atoms with E-state index in [-0.39, 0.29) is 12.1 Å². The van der Waals surface area contributed by atoms with Crippen molar-refractivity contribution < 1.29 is 8.42 Å². The summed E-state index contributed by atoms with van der Waals surface area (Å²) >= 11 is 5.61. The van der Waals surface area contributed by atoms with Crippen molar-refractivity contribution in [1.29, 1.82) is 0 Å². The van der Waals surface area contributed by atoms with Crippen LogP contribution in [0.1, 0.15) is 27.7 Å². The van der Waals surface area contributed by atoms with E-state index in [1.165, 1.54) is 8.61 Å². The Morgan fingerprint density at radius 1 is 1.13 bits per heavy atom. The average Bonchev–Trinajstić information content (AvgIpc) is 2.11. The highest BCUT2D eigenvalue weighted by Gasteiger charge is 2.29. The topological polar surface area (TPSA) is 40.6 Å². The van der Waals surface area contributed by atoms with Gasteiger partial charge in [-0.25, -0.2) is 0 Å². The minimum Gasteiger partial charge on any atom is -0.195 e. The largest absolute Gasteiger partial charge is 0.282 e. The summed E-state index contributed by atoms with van der Waals surface area (Å²) < 4.78 is 27.0. The Kier molecular flexibility index (Phi) is 6.10. The highest BCUT2D eigenvalue weighted by atomic mass is 35.5. The van der Waals surface area contributed by atoms with Crippen LogP contribution in [0.4, 0.5) is 0 Å². The summed E-state index contributed by atoms with van der Waals surface area (Å²) in [7, 11) is -1.79. The molecule has 0 unspecified atom stereocenters. The van der Waals surface area contributed by atoms with Crippen molar-refractivity contribution in [3.05, 3.63) is 0 Å². The van der Waals surface area contributed by atoms with Crippen LogP contribution in [0.3, 0.4) is 0 Å². The molecule has 0 fully saturated rings. The second kappa shape index (κ2) is 6.03. The summed E-state index contributed by atoms with van der Waals surface area (Å²) in [4.78, 5) is 0. The molecular weight excluding hydrogens is 236 g/mol. The molecule has 15 heavy (non-hydrogen) atoms. The third kappa shape index (κ3) is 3.90. The summed E-state index contributed by atoms with van der Waals surface area (Å²) in [6, 6.07) is -0.124. The monoisotopic (exact) mass is 256 g/mol. The van der Waals surface area contributed by atoms with Crippen molar-refractivity contribution in [2.24, 2.45) is 0 Å². The van der Waals surface area contributed by atoms with Gasteiger partial charge in [-0.3, -0.25) is 0 Å². The van der Waals surface area contributed by atoms with Crippen LogP contribution in [0, 0.1) is 0 Å². The average molecular weight is 257 g/mol. The standard InChI is InChI=1S/C9H21ClN2O2S/c1-8(2)11(5)15(13,14)12(7-6-10)9(3)4/h8-9H,6-7H2,1-5H3. The fraction of sp³-hybridized carbons (Fsp3) is 1.00. The molecule has 0 heterocycles. The third-order valence-electron chi connectivity index (χ3n) is 2.27.